The Bertz CT molecular complexity index is 299. The van der Waals surface area contributed by atoms with Gasteiger partial charge in [-0.25, -0.2) is 4.39 Å². The number of rotatable bonds is 5. The van der Waals surface area contributed by atoms with Crippen molar-refractivity contribution in [3.8, 4) is 0 Å². The molecule has 15 heavy (non-hydrogen) atoms. The molecule has 0 spiro atoms. The van der Waals surface area contributed by atoms with Gasteiger partial charge in [-0.05, 0) is 32.0 Å². The number of halogens is 2. The zero-order valence-electron chi connectivity index (χ0n) is 8.89. The SMILES string of the molecule is CCOCC(C)Nc1cc(F)cc(Br)c1. The maximum Gasteiger partial charge on any atom is 0.126 e. The van der Waals surface area contributed by atoms with Gasteiger partial charge in [0.25, 0.3) is 0 Å². The van der Waals surface area contributed by atoms with Gasteiger partial charge in [0.2, 0.25) is 0 Å². The first-order chi connectivity index (χ1) is 7.11. The Morgan fingerprint density at radius 2 is 2.20 bits per heavy atom. The van der Waals surface area contributed by atoms with E-state index in [-0.39, 0.29) is 11.9 Å². The Labute approximate surface area is 98.0 Å². The molecule has 1 rings (SSSR count). The Morgan fingerprint density at radius 1 is 1.47 bits per heavy atom. The maximum absolute atomic E-state index is 13.0. The summed E-state index contributed by atoms with van der Waals surface area (Å²) >= 11 is 3.24. The van der Waals surface area contributed by atoms with Gasteiger partial charge < -0.3 is 10.1 Å². The molecular weight excluding hydrogens is 261 g/mol. The van der Waals surface area contributed by atoms with E-state index in [1.54, 1.807) is 0 Å². The van der Waals surface area contributed by atoms with Crippen LogP contribution < -0.4 is 5.32 Å². The third-order valence-corrected chi connectivity index (χ3v) is 2.31. The van der Waals surface area contributed by atoms with Crippen molar-refractivity contribution in [3.05, 3.63) is 28.5 Å². The van der Waals surface area contributed by atoms with Crippen LogP contribution in [0.2, 0.25) is 0 Å². The van der Waals surface area contributed by atoms with E-state index in [1.165, 1.54) is 12.1 Å². The van der Waals surface area contributed by atoms with E-state index in [0.29, 0.717) is 13.2 Å². The molecule has 0 saturated carbocycles. The zero-order chi connectivity index (χ0) is 11.3. The van der Waals surface area contributed by atoms with Crippen LogP contribution in [-0.2, 0) is 4.74 Å². The molecule has 1 atom stereocenters. The summed E-state index contributed by atoms with van der Waals surface area (Å²) < 4.78 is 19.0. The van der Waals surface area contributed by atoms with Crippen molar-refractivity contribution < 1.29 is 9.13 Å². The third kappa shape index (κ3) is 4.62. The maximum atomic E-state index is 13.0. The number of ether oxygens (including phenoxy) is 1. The van der Waals surface area contributed by atoms with E-state index in [0.717, 1.165) is 10.2 Å². The van der Waals surface area contributed by atoms with Gasteiger partial charge in [-0.1, -0.05) is 15.9 Å². The summed E-state index contributed by atoms with van der Waals surface area (Å²) in [6.07, 6.45) is 0. The molecule has 0 amide bonds. The first kappa shape index (κ1) is 12.5. The van der Waals surface area contributed by atoms with Crippen molar-refractivity contribution in [2.45, 2.75) is 19.9 Å². The van der Waals surface area contributed by atoms with Crippen molar-refractivity contribution >= 4 is 21.6 Å². The van der Waals surface area contributed by atoms with Gasteiger partial charge in [0.15, 0.2) is 0 Å². The zero-order valence-corrected chi connectivity index (χ0v) is 10.5. The summed E-state index contributed by atoms with van der Waals surface area (Å²) in [5.74, 6) is -0.254. The molecule has 0 aromatic heterocycles. The molecule has 0 heterocycles. The second-order valence-electron chi connectivity index (χ2n) is 3.36. The van der Waals surface area contributed by atoms with Crippen LogP contribution in [0.5, 0.6) is 0 Å². The first-order valence-corrected chi connectivity index (χ1v) is 5.71. The van der Waals surface area contributed by atoms with Crippen LogP contribution in [0.25, 0.3) is 0 Å². The Morgan fingerprint density at radius 3 is 2.80 bits per heavy atom. The van der Waals surface area contributed by atoms with Gasteiger partial charge in [0.1, 0.15) is 5.82 Å². The van der Waals surface area contributed by atoms with Crippen LogP contribution in [-0.4, -0.2) is 19.3 Å². The fourth-order valence-electron chi connectivity index (χ4n) is 1.26. The van der Waals surface area contributed by atoms with Crippen molar-refractivity contribution in [1.82, 2.24) is 0 Å². The molecule has 1 unspecified atom stereocenters. The van der Waals surface area contributed by atoms with E-state index in [1.807, 2.05) is 19.9 Å². The fraction of sp³-hybridized carbons (Fsp3) is 0.455. The Kier molecular flexibility index (Phi) is 5.05. The van der Waals surface area contributed by atoms with E-state index < -0.39 is 0 Å². The van der Waals surface area contributed by atoms with Crippen molar-refractivity contribution in [2.24, 2.45) is 0 Å². The summed E-state index contributed by atoms with van der Waals surface area (Å²) in [6, 6.07) is 4.90. The smallest absolute Gasteiger partial charge is 0.126 e. The van der Waals surface area contributed by atoms with Crippen LogP contribution in [0.4, 0.5) is 10.1 Å². The van der Waals surface area contributed by atoms with Gasteiger partial charge in [0.05, 0.1) is 6.61 Å². The highest BCUT2D eigenvalue weighted by Crippen LogP contribution is 2.19. The average Bonchev–Trinajstić information content (AvgIpc) is 2.13. The molecule has 1 N–H and O–H groups in total. The molecule has 84 valence electrons. The molecule has 0 aliphatic heterocycles. The molecule has 0 aliphatic rings. The molecule has 1 aromatic carbocycles. The summed E-state index contributed by atoms with van der Waals surface area (Å²) in [4.78, 5) is 0. The van der Waals surface area contributed by atoms with Gasteiger partial charge in [-0.2, -0.15) is 0 Å². The van der Waals surface area contributed by atoms with Crippen molar-refractivity contribution in [1.29, 1.82) is 0 Å². The van der Waals surface area contributed by atoms with Crippen molar-refractivity contribution in [2.75, 3.05) is 18.5 Å². The molecule has 0 aliphatic carbocycles. The quantitative estimate of drug-likeness (QED) is 0.889. The van der Waals surface area contributed by atoms with E-state index >= 15 is 0 Å². The van der Waals surface area contributed by atoms with Gasteiger partial charge in [-0.15, -0.1) is 0 Å². The summed E-state index contributed by atoms with van der Waals surface area (Å²) in [5, 5.41) is 3.16. The van der Waals surface area contributed by atoms with Crippen molar-refractivity contribution in [3.63, 3.8) is 0 Å². The summed E-state index contributed by atoms with van der Waals surface area (Å²) in [5.41, 5.74) is 0.758. The third-order valence-electron chi connectivity index (χ3n) is 1.85. The topological polar surface area (TPSA) is 21.3 Å². The molecule has 0 radical (unpaired) electrons. The highest BCUT2D eigenvalue weighted by atomic mass is 79.9. The second kappa shape index (κ2) is 6.08. The number of hydrogen-bond donors (Lipinski definition) is 1. The number of benzene rings is 1. The number of hydrogen-bond acceptors (Lipinski definition) is 2. The highest BCUT2D eigenvalue weighted by Gasteiger charge is 2.03. The molecular formula is C11H15BrFNO. The van der Waals surface area contributed by atoms with Crippen LogP contribution in [0.1, 0.15) is 13.8 Å². The van der Waals surface area contributed by atoms with E-state index in [9.17, 15) is 4.39 Å². The van der Waals surface area contributed by atoms with Crippen LogP contribution in [0.15, 0.2) is 22.7 Å². The van der Waals surface area contributed by atoms with Gasteiger partial charge in [-0.3, -0.25) is 0 Å². The lowest BCUT2D eigenvalue weighted by atomic mass is 10.2. The van der Waals surface area contributed by atoms with Crippen LogP contribution in [0, 0.1) is 5.82 Å². The summed E-state index contributed by atoms with van der Waals surface area (Å²) in [7, 11) is 0. The van der Waals surface area contributed by atoms with Gasteiger partial charge >= 0.3 is 0 Å². The minimum atomic E-state index is -0.254. The molecule has 0 bridgehead atoms. The highest BCUT2D eigenvalue weighted by molar-refractivity contribution is 9.10. The largest absolute Gasteiger partial charge is 0.380 e. The van der Waals surface area contributed by atoms with E-state index in [4.69, 9.17) is 4.74 Å². The first-order valence-electron chi connectivity index (χ1n) is 4.92. The monoisotopic (exact) mass is 275 g/mol. The lowest BCUT2D eigenvalue weighted by Gasteiger charge is -2.15. The molecule has 1 aromatic rings. The minimum Gasteiger partial charge on any atom is -0.380 e. The number of nitrogens with one attached hydrogen (secondary N) is 1. The van der Waals surface area contributed by atoms with Gasteiger partial charge in [0, 0.05) is 22.8 Å². The minimum absolute atomic E-state index is 0.165. The lowest BCUT2D eigenvalue weighted by Crippen LogP contribution is -2.21. The fourth-order valence-corrected chi connectivity index (χ4v) is 1.72. The van der Waals surface area contributed by atoms with E-state index in [2.05, 4.69) is 21.2 Å². The number of anilines is 1. The summed E-state index contributed by atoms with van der Waals surface area (Å²) in [6.45, 7) is 5.25. The standard InChI is InChI=1S/C11H15BrFNO/c1-3-15-7-8(2)14-11-5-9(12)4-10(13)6-11/h4-6,8,14H,3,7H2,1-2H3. The second-order valence-corrected chi connectivity index (χ2v) is 4.28. The lowest BCUT2D eigenvalue weighted by molar-refractivity contribution is 0.141. The Hall–Kier alpha value is -0.610. The molecule has 0 saturated heterocycles. The van der Waals surface area contributed by atoms with Crippen LogP contribution in [0.3, 0.4) is 0 Å². The Balaban J connectivity index is 2.56. The normalized spacial score (nSPS) is 12.5. The van der Waals surface area contributed by atoms with Crippen LogP contribution >= 0.6 is 15.9 Å². The molecule has 0 fully saturated rings. The predicted molar refractivity (Wildman–Crippen MR) is 63.7 cm³/mol. The predicted octanol–water partition coefficient (Wildman–Crippen LogP) is 3.43. The molecule has 4 heteroatoms. The average molecular weight is 276 g/mol. The molecule has 2 nitrogen and oxygen atoms in total.